The average molecular weight is 504 g/mol. The fraction of sp³-hybridized carbons (Fsp3) is 0.286. The van der Waals surface area contributed by atoms with E-state index in [1.54, 1.807) is 19.5 Å². The number of guanidine groups is 1. The van der Waals surface area contributed by atoms with Gasteiger partial charge < -0.3 is 20.3 Å². The molecule has 0 atom stereocenters. The van der Waals surface area contributed by atoms with Crippen LogP contribution in [0.1, 0.15) is 5.56 Å². The number of ether oxygens (including phenoxy) is 1. The summed E-state index contributed by atoms with van der Waals surface area (Å²) in [4.78, 5) is 17.6. The number of hydrogen-bond donors (Lipinski definition) is 1. The molecule has 29 heavy (non-hydrogen) atoms. The van der Waals surface area contributed by atoms with Gasteiger partial charge >= 0.3 is 0 Å². The number of rotatable bonds is 4. The summed E-state index contributed by atoms with van der Waals surface area (Å²) < 4.78 is 5.55. The summed E-state index contributed by atoms with van der Waals surface area (Å²) in [5.74, 6) is 2.16. The molecule has 0 amide bonds. The van der Waals surface area contributed by atoms with E-state index in [1.165, 1.54) is 5.39 Å². The van der Waals surface area contributed by atoms with Crippen LogP contribution < -0.4 is 15.4 Å². The summed E-state index contributed by atoms with van der Waals surface area (Å²) >= 11 is 0. The molecule has 2 N–H and O–H groups in total. The topological polar surface area (TPSA) is 79.9 Å². The number of benzene rings is 2. The predicted octanol–water partition coefficient (Wildman–Crippen LogP) is 2.89. The Kier molecular flexibility index (Phi) is 7.08. The molecule has 152 valence electrons. The van der Waals surface area contributed by atoms with E-state index in [4.69, 9.17) is 10.5 Å². The number of nitrogens with zero attached hydrogens (tertiary/aromatic N) is 5. The molecule has 0 unspecified atom stereocenters. The maximum atomic E-state index is 6.30. The van der Waals surface area contributed by atoms with Gasteiger partial charge in [0.25, 0.3) is 0 Å². The number of anilines is 1. The van der Waals surface area contributed by atoms with Gasteiger partial charge in [0.15, 0.2) is 5.96 Å². The largest absolute Gasteiger partial charge is 0.496 e. The van der Waals surface area contributed by atoms with E-state index in [9.17, 15) is 0 Å². The molecule has 1 aliphatic rings. The molecule has 3 aromatic rings. The SMILES string of the molecule is COc1ccc2ccccc2c1CN=C(N)N1CCN(c2ncccn2)CC1.I. The van der Waals surface area contributed by atoms with Crippen molar-refractivity contribution in [2.75, 3.05) is 38.2 Å². The normalized spacial score (nSPS) is 14.6. The van der Waals surface area contributed by atoms with Crippen molar-refractivity contribution in [1.82, 2.24) is 14.9 Å². The summed E-state index contributed by atoms with van der Waals surface area (Å²) in [6.07, 6.45) is 3.53. The second kappa shape index (κ2) is 9.73. The number of halogens is 1. The lowest BCUT2D eigenvalue weighted by Crippen LogP contribution is -2.51. The highest BCUT2D eigenvalue weighted by Gasteiger charge is 2.20. The zero-order valence-electron chi connectivity index (χ0n) is 16.4. The smallest absolute Gasteiger partial charge is 0.225 e. The van der Waals surface area contributed by atoms with Gasteiger partial charge in [-0.2, -0.15) is 0 Å². The summed E-state index contributed by atoms with van der Waals surface area (Å²) in [7, 11) is 1.69. The van der Waals surface area contributed by atoms with Crippen LogP contribution in [0.4, 0.5) is 5.95 Å². The van der Waals surface area contributed by atoms with Crippen molar-refractivity contribution in [2.45, 2.75) is 6.54 Å². The molecule has 2 aromatic carbocycles. The number of hydrogen-bond acceptors (Lipinski definition) is 5. The summed E-state index contributed by atoms with van der Waals surface area (Å²) in [6, 6.07) is 14.1. The van der Waals surface area contributed by atoms with Crippen LogP contribution in [0.5, 0.6) is 5.75 Å². The van der Waals surface area contributed by atoms with Crippen LogP contribution in [0.2, 0.25) is 0 Å². The van der Waals surface area contributed by atoms with Crippen LogP contribution in [0, 0.1) is 0 Å². The van der Waals surface area contributed by atoms with Crippen LogP contribution in [0.3, 0.4) is 0 Å². The lowest BCUT2D eigenvalue weighted by atomic mass is 10.0. The number of aliphatic imine (C=N–C) groups is 1. The minimum absolute atomic E-state index is 0. The third-order valence-electron chi connectivity index (χ3n) is 5.06. The average Bonchev–Trinajstić information content (AvgIpc) is 2.77. The molecule has 2 heterocycles. The molecule has 4 rings (SSSR count). The van der Waals surface area contributed by atoms with E-state index in [1.807, 2.05) is 24.3 Å². The fourth-order valence-corrected chi connectivity index (χ4v) is 3.52. The number of nitrogens with two attached hydrogens (primary N) is 1. The van der Waals surface area contributed by atoms with Gasteiger partial charge in [-0.3, -0.25) is 0 Å². The molecule has 1 saturated heterocycles. The van der Waals surface area contributed by atoms with E-state index < -0.39 is 0 Å². The number of fused-ring (bicyclic) bond motifs is 1. The van der Waals surface area contributed by atoms with Crippen LogP contribution >= 0.6 is 24.0 Å². The molecular formula is C21H25IN6O. The predicted molar refractivity (Wildman–Crippen MR) is 127 cm³/mol. The Balaban J connectivity index is 0.00000240. The van der Waals surface area contributed by atoms with Gasteiger partial charge in [0.05, 0.1) is 13.7 Å². The highest BCUT2D eigenvalue weighted by Crippen LogP contribution is 2.28. The van der Waals surface area contributed by atoms with Crippen molar-refractivity contribution in [3.8, 4) is 5.75 Å². The maximum absolute atomic E-state index is 6.30. The van der Waals surface area contributed by atoms with Gasteiger partial charge in [-0.05, 0) is 22.9 Å². The quantitative estimate of drug-likeness (QED) is 0.335. The Morgan fingerprint density at radius 1 is 1.03 bits per heavy atom. The molecule has 8 heteroatoms. The van der Waals surface area contributed by atoms with Crippen LogP contribution in [-0.4, -0.2) is 54.1 Å². The highest BCUT2D eigenvalue weighted by molar-refractivity contribution is 14.0. The number of methoxy groups -OCH3 is 1. The minimum atomic E-state index is 0. The van der Waals surface area contributed by atoms with Crippen LogP contribution in [-0.2, 0) is 6.54 Å². The molecule has 1 aliphatic heterocycles. The Bertz CT molecular complexity index is 973. The zero-order chi connectivity index (χ0) is 19.3. The molecule has 0 radical (unpaired) electrons. The third kappa shape index (κ3) is 4.69. The van der Waals surface area contributed by atoms with Gasteiger partial charge in [-0.15, -0.1) is 24.0 Å². The second-order valence-electron chi connectivity index (χ2n) is 6.66. The molecule has 0 saturated carbocycles. The Hall–Kier alpha value is -2.62. The van der Waals surface area contributed by atoms with Gasteiger partial charge in [0, 0.05) is 44.1 Å². The van der Waals surface area contributed by atoms with E-state index in [0.29, 0.717) is 12.5 Å². The first-order chi connectivity index (χ1) is 13.8. The van der Waals surface area contributed by atoms with Crippen LogP contribution in [0.15, 0.2) is 59.9 Å². The van der Waals surface area contributed by atoms with Crippen molar-refractivity contribution >= 4 is 46.7 Å². The third-order valence-corrected chi connectivity index (χ3v) is 5.06. The van der Waals surface area contributed by atoms with Gasteiger partial charge in [-0.25, -0.2) is 15.0 Å². The zero-order valence-corrected chi connectivity index (χ0v) is 18.7. The fourth-order valence-electron chi connectivity index (χ4n) is 3.52. The van der Waals surface area contributed by atoms with Crippen molar-refractivity contribution in [3.05, 3.63) is 60.4 Å². The van der Waals surface area contributed by atoms with Gasteiger partial charge in [-0.1, -0.05) is 30.3 Å². The van der Waals surface area contributed by atoms with Gasteiger partial charge in [0.2, 0.25) is 5.95 Å². The van der Waals surface area contributed by atoms with E-state index in [-0.39, 0.29) is 24.0 Å². The van der Waals surface area contributed by atoms with Gasteiger partial charge in [0.1, 0.15) is 5.75 Å². The first-order valence-corrected chi connectivity index (χ1v) is 9.37. The molecule has 7 nitrogen and oxygen atoms in total. The second-order valence-corrected chi connectivity index (χ2v) is 6.66. The van der Waals surface area contributed by atoms with E-state index >= 15 is 0 Å². The summed E-state index contributed by atoms with van der Waals surface area (Å²) in [5.41, 5.74) is 7.36. The minimum Gasteiger partial charge on any atom is -0.496 e. The first-order valence-electron chi connectivity index (χ1n) is 9.37. The summed E-state index contributed by atoms with van der Waals surface area (Å²) in [6.45, 7) is 3.70. The molecule has 0 bridgehead atoms. The first kappa shape index (κ1) is 21.1. The van der Waals surface area contributed by atoms with Crippen molar-refractivity contribution in [3.63, 3.8) is 0 Å². The van der Waals surface area contributed by atoms with Crippen molar-refractivity contribution in [2.24, 2.45) is 10.7 Å². The van der Waals surface area contributed by atoms with E-state index in [0.717, 1.165) is 48.8 Å². The molecule has 1 aromatic heterocycles. The van der Waals surface area contributed by atoms with E-state index in [2.05, 4.69) is 43.0 Å². The number of piperazine rings is 1. The molecule has 0 spiro atoms. The monoisotopic (exact) mass is 504 g/mol. The molecular weight excluding hydrogens is 479 g/mol. The lowest BCUT2D eigenvalue weighted by Gasteiger charge is -2.35. The summed E-state index contributed by atoms with van der Waals surface area (Å²) in [5, 5.41) is 2.31. The lowest BCUT2D eigenvalue weighted by molar-refractivity contribution is 0.377. The van der Waals surface area contributed by atoms with Crippen LogP contribution in [0.25, 0.3) is 10.8 Å². The van der Waals surface area contributed by atoms with Crippen molar-refractivity contribution < 1.29 is 4.74 Å². The number of aromatic nitrogens is 2. The Morgan fingerprint density at radius 3 is 2.48 bits per heavy atom. The Morgan fingerprint density at radius 2 is 1.76 bits per heavy atom. The molecule has 1 fully saturated rings. The van der Waals surface area contributed by atoms with Crippen molar-refractivity contribution in [1.29, 1.82) is 0 Å². The standard InChI is InChI=1S/C21H24N6O.HI/c1-28-19-8-7-16-5-2-3-6-17(16)18(19)15-25-20(22)26-11-13-27(14-12-26)21-23-9-4-10-24-21;/h2-10H,11-15H2,1H3,(H2,22,25);1H. The highest BCUT2D eigenvalue weighted by atomic mass is 127. The Labute approximate surface area is 187 Å². The maximum Gasteiger partial charge on any atom is 0.225 e. The molecule has 0 aliphatic carbocycles.